The molecule has 1 aliphatic heterocycles. The summed E-state index contributed by atoms with van der Waals surface area (Å²) in [6.07, 6.45) is 4.17. The molecule has 0 N–H and O–H groups in total. The van der Waals surface area contributed by atoms with Crippen molar-refractivity contribution in [1.29, 1.82) is 0 Å². The molecule has 3 rings (SSSR count). The average Bonchev–Trinajstić information content (AvgIpc) is 2.88. The van der Waals surface area contributed by atoms with Crippen LogP contribution in [0.2, 0.25) is 0 Å². The standard InChI is InChI=1S/C14H11NS/c1-10-6-7-16-14(10)8-11-9-15-13-5-3-2-4-12(11)13/h2-9H,1H3. The number of thiophene rings is 1. The lowest BCUT2D eigenvalue weighted by atomic mass is 10.1. The summed E-state index contributed by atoms with van der Waals surface area (Å²) >= 11 is 1.77. The van der Waals surface area contributed by atoms with Crippen LogP contribution >= 0.6 is 11.3 Å². The Morgan fingerprint density at radius 2 is 2.06 bits per heavy atom. The number of allylic oxidation sites excluding steroid dienone is 1. The van der Waals surface area contributed by atoms with E-state index in [9.17, 15) is 0 Å². The molecule has 0 radical (unpaired) electrons. The van der Waals surface area contributed by atoms with Gasteiger partial charge in [-0.05, 0) is 36.1 Å². The van der Waals surface area contributed by atoms with Crippen LogP contribution in [0.3, 0.4) is 0 Å². The second-order valence-electron chi connectivity index (χ2n) is 3.84. The molecule has 0 saturated heterocycles. The van der Waals surface area contributed by atoms with Gasteiger partial charge < -0.3 is 0 Å². The van der Waals surface area contributed by atoms with E-state index >= 15 is 0 Å². The third-order valence-corrected chi connectivity index (χ3v) is 3.71. The van der Waals surface area contributed by atoms with Crippen molar-refractivity contribution in [2.24, 2.45) is 4.99 Å². The molecule has 0 spiro atoms. The van der Waals surface area contributed by atoms with Crippen LogP contribution in [0.5, 0.6) is 0 Å². The summed E-state index contributed by atoms with van der Waals surface area (Å²) < 4.78 is 0. The van der Waals surface area contributed by atoms with Crippen LogP contribution in [0.15, 0.2) is 40.7 Å². The van der Waals surface area contributed by atoms with Gasteiger partial charge in [0.05, 0.1) is 5.69 Å². The van der Waals surface area contributed by atoms with Crippen LogP contribution in [0, 0.1) is 6.92 Å². The normalized spacial score (nSPS) is 15.7. The number of aliphatic imine (C=N–C) groups is 1. The summed E-state index contributed by atoms with van der Waals surface area (Å²) in [4.78, 5) is 5.72. The van der Waals surface area contributed by atoms with E-state index in [1.165, 1.54) is 21.6 Å². The third kappa shape index (κ3) is 1.51. The molecular weight excluding hydrogens is 214 g/mol. The van der Waals surface area contributed by atoms with E-state index in [1.807, 2.05) is 18.3 Å². The van der Waals surface area contributed by atoms with E-state index in [-0.39, 0.29) is 0 Å². The summed E-state index contributed by atoms with van der Waals surface area (Å²) in [5, 5.41) is 2.12. The Morgan fingerprint density at radius 1 is 1.19 bits per heavy atom. The summed E-state index contributed by atoms with van der Waals surface area (Å²) in [5.41, 5.74) is 4.84. The predicted octanol–water partition coefficient (Wildman–Crippen LogP) is 4.31. The lowest BCUT2D eigenvalue weighted by Crippen LogP contribution is -1.79. The second kappa shape index (κ2) is 3.72. The first-order valence-corrected chi connectivity index (χ1v) is 6.12. The highest BCUT2D eigenvalue weighted by Gasteiger charge is 2.11. The fourth-order valence-electron chi connectivity index (χ4n) is 1.83. The minimum atomic E-state index is 1.07. The van der Waals surface area contributed by atoms with Crippen molar-refractivity contribution >= 4 is 34.9 Å². The molecule has 0 aliphatic carbocycles. The molecule has 0 atom stereocenters. The first-order chi connectivity index (χ1) is 7.84. The zero-order chi connectivity index (χ0) is 11.0. The highest BCUT2D eigenvalue weighted by atomic mass is 32.1. The molecule has 16 heavy (non-hydrogen) atoms. The van der Waals surface area contributed by atoms with E-state index in [1.54, 1.807) is 11.3 Å². The predicted molar refractivity (Wildman–Crippen MR) is 71.5 cm³/mol. The highest BCUT2D eigenvalue weighted by Crippen LogP contribution is 2.33. The molecule has 0 amide bonds. The van der Waals surface area contributed by atoms with Crippen LogP contribution in [-0.4, -0.2) is 6.21 Å². The van der Waals surface area contributed by atoms with Crippen LogP contribution in [0.4, 0.5) is 5.69 Å². The Labute approximate surface area is 98.8 Å². The third-order valence-electron chi connectivity index (χ3n) is 2.75. The summed E-state index contributed by atoms with van der Waals surface area (Å²) in [6, 6.07) is 10.4. The smallest absolute Gasteiger partial charge is 0.0708 e. The fourth-order valence-corrected chi connectivity index (χ4v) is 2.70. The zero-order valence-corrected chi connectivity index (χ0v) is 9.79. The Hall–Kier alpha value is -1.67. The highest BCUT2D eigenvalue weighted by molar-refractivity contribution is 7.11. The molecule has 0 saturated carbocycles. The van der Waals surface area contributed by atoms with E-state index < -0.39 is 0 Å². The maximum atomic E-state index is 4.40. The SMILES string of the molecule is Cc1ccsc1C=C1C=Nc2ccccc21. The quantitative estimate of drug-likeness (QED) is 0.685. The van der Waals surface area contributed by atoms with Gasteiger partial charge in [0.2, 0.25) is 0 Å². The van der Waals surface area contributed by atoms with Crippen LogP contribution in [-0.2, 0) is 0 Å². The second-order valence-corrected chi connectivity index (χ2v) is 4.79. The molecule has 2 aromatic rings. The number of nitrogens with zero attached hydrogens (tertiary/aromatic N) is 1. The van der Waals surface area contributed by atoms with Crippen molar-refractivity contribution in [3.8, 4) is 0 Å². The van der Waals surface area contributed by atoms with Gasteiger partial charge in [0.15, 0.2) is 0 Å². The number of fused-ring (bicyclic) bond motifs is 1. The molecule has 0 unspecified atom stereocenters. The number of hydrogen-bond acceptors (Lipinski definition) is 2. The lowest BCUT2D eigenvalue weighted by molar-refractivity contribution is 1.53. The summed E-state index contributed by atoms with van der Waals surface area (Å²) in [6.45, 7) is 2.14. The summed E-state index contributed by atoms with van der Waals surface area (Å²) in [5.74, 6) is 0. The number of hydrogen-bond donors (Lipinski definition) is 0. The van der Waals surface area contributed by atoms with Gasteiger partial charge in [-0.3, -0.25) is 4.99 Å². The molecule has 1 aromatic carbocycles. The fraction of sp³-hybridized carbons (Fsp3) is 0.0714. The molecule has 2 heteroatoms. The summed E-state index contributed by atoms with van der Waals surface area (Å²) in [7, 11) is 0. The molecule has 0 bridgehead atoms. The van der Waals surface area contributed by atoms with Gasteiger partial charge in [0.25, 0.3) is 0 Å². The van der Waals surface area contributed by atoms with Crippen molar-refractivity contribution in [3.63, 3.8) is 0 Å². The number of benzene rings is 1. The Balaban J connectivity index is 2.09. The minimum absolute atomic E-state index is 1.07. The van der Waals surface area contributed by atoms with E-state index in [2.05, 4.69) is 41.6 Å². The molecule has 78 valence electrons. The zero-order valence-electron chi connectivity index (χ0n) is 8.97. The molecule has 1 nitrogen and oxygen atoms in total. The van der Waals surface area contributed by atoms with Crippen molar-refractivity contribution < 1.29 is 0 Å². The largest absolute Gasteiger partial charge is 0.256 e. The van der Waals surface area contributed by atoms with E-state index in [0.29, 0.717) is 0 Å². The van der Waals surface area contributed by atoms with Crippen molar-refractivity contribution in [2.45, 2.75) is 6.92 Å². The molecule has 2 heterocycles. The van der Waals surface area contributed by atoms with Gasteiger partial charge in [-0.1, -0.05) is 18.2 Å². The maximum Gasteiger partial charge on any atom is 0.0708 e. The Kier molecular flexibility index (Phi) is 2.22. The van der Waals surface area contributed by atoms with Crippen molar-refractivity contribution in [1.82, 2.24) is 0 Å². The average molecular weight is 225 g/mol. The van der Waals surface area contributed by atoms with Gasteiger partial charge in [0, 0.05) is 22.2 Å². The van der Waals surface area contributed by atoms with Crippen molar-refractivity contribution in [3.05, 3.63) is 51.7 Å². The monoisotopic (exact) mass is 225 g/mol. The van der Waals surface area contributed by atoms with E-state index in [4.69, 9.17) is 0 Å². The van der Waals surface area contributed by atoms with Gasteiger partial charge in [-0.25, -0.2) is 0 Å². The molecule has 1 aliphatic rings. The Morgan fingerprint density at radius 3 is 2.88 bits per heavy atom. The number of para-hydroxylation sites is 1. The Bertz CT molecular complexity index is 590. The molecule has 1 aromatic heterocycles. The van der Waals surface area contributed by atoms with Gasteiger partial charge >= 0.3 is 0 Å². The number of aryl methyl sites for hydroxylation is 1. The van der Waals surface area contributed by atoms with Crippen LogP contribution in [0.25, 0.3) is 11.6 Å². The first kappa shape index (κ1) is 9.55. The van der Waals surface area contributed by atoms with Crippen molar-refractivity contribution in [2.75, 3.05) is 0 Å². The minimum Gasteiger partial charge on any atom is -0.256 e. The van der Waals surface area contributed by atoms with Gasteiger partial charge in [-0.15, -0.1) is 11.3 Å². The van der Waals surface area contributed by atoms with Gasteiger partial charge in [-0.2, -0.15) is 0 Å². The van der Waals surface area contributed by atoms with E-state index in [0.717, 1.165) is 5.69 Å². The first-order valence-electron chi connectivity index (χ1n) is 5.24. The van der Waals surface area contributed by atoms with Gasteiger partial charge in [0.1, 0.15) is 0 Å². The molecule has 0 fully saturated rings. The van der Waals surface area contributed by atoms with Crippen LogP contribution in [0.1, 0.15) is 16.0 Å². The molecular formula is C14H11NS. The lowest BCUT2D eigenvalue weighted by Gasteiger charge is -1.98. The number of rotatable bonds is 1. The van der Waals surface area contributed by atoms with Crippen LogP contribution < -0.4 is 0 Å². The topological polar surface area (TPSA) is 12.4 Å². The maximum absolute atomic E-state index is 4.40.